The molecule has 0 aromatic carbocycles. The Labute approximate surface area is 98.1 Å². The summed E-state index contributed by atoms with van der Waals surface area (Å²) in [7, 11) is 0. The summed E-state index contributed by atoms with van der Waals surface area (Å²) in [4.78, 5) is 13.3. The summed E-state index contributed by atoms with van der Waals surface area (Å²) in [5, 5.41) is 0. The normalized spacial score (nSPS) is 16.8. The summed E-state index contributed by atoms with van der Waals surface area (Å²) in [5.74, 6) is 0.0103. The first-order valence-corrected chi connectivity index (χ1v) is 6.06. The second-order valence-electron chi connectivity index (χ2n) is 3.34. The van der Waals surface area contributed by atoms with Crippen molar-refractivity contribution in [3.05, 3.63) is 21.9 Å². The standard InChI is InChI=1S/C11H14O4S/c1-2-13-7-8(12)9-3-4-10(16-9)11-14-5-6-15-11/h3-4,11H,2,5-7H2,1H3. The van der Waals surface area contributed by atoms with E-state index in [-0.39, 0.29) is 18.7 Å². The molecule has 1 aromatic rings. The minimum atomic E-state index is -0.293. The predicted molar refractivity (Wildman–Crippen MR) is 59.8 cm³/mol. The molecule has 1 aromatic heterocycles. The maximum Gasteiger partial charge on any atom is 0.198 e. The largest absolute Gasteiger partial charge is 0.374 e. The van der Waals surface area contributed by atoms with Crippen LogP contribution in [0.15, 0.2) is 12.1 Å². The van der Waals surface area contributed by atoms with Crippen molar-refractivity contribution in [2.45, 2.75) is 13.2 Å². The van der Waals surface area contributed by atoms with Gasteiger partial charge in [-0.3, -0.25) is 4.79 Å². The number of thiophene rings is 1. The van der Waals surface area contributed by atoms with E-state index in [1.165, 1.54) is 11.3 Å². The zero-order chi connectivity index (χ0) is 11.4. The number of carbonyl (C=O) groups excluding carboxylic acids is 1. The van der Waals surface area contributed by atoms with Gasteiger partial charge in [0.2, 0.25) is 0 Å². The Morgan fingerprint density at radius 3 is 2.94 bits per heavy atom. The molecule has 0 spiro atoms. The van der Waals surface area contributed by atoms with E-state index in [0.717, 1.165) is 4.88 Å². The molecular weight excluding hydrogens is 228 g/mol. The number of hydrogen-bond acceptors (Lipinski definition) is 5. The van der Waals surface area contributed by atoms with Crippen molar-refractivity contribution in [2.75, 3.05) is 26.4 Å². The second kappa shape index (κ2) is 5.54. The van der Waals surface area contributed by atoms with Crippen LogP contribution < -0.4 is 0 Å². The Bertz CT molecular complexity index is 355. The van der Waals surface area contributed by atoms with Crippen LogP contribution in [0, 0.1) is 0 Å². The van der Waals surface area contributed by atoms with Gasteiger partial charge in [0, 0.05) is 6.61 Å². The van der Waals surface area contributed by atoms with Gasteiger partial charge in [0.05, 0.1) is 23.0 Å². The van der Waals surface area contributed by atoms with E-state index in [2.05, 4.69) is 0 Å². The fourth-order valence-corrected chi connectivity index (χ4v) is 2.35. The quantitative estimate of drug-likeness (QED) is 0.741. The molecule has 5 heteroatoms. The molecule has 88 valence electrons. The maximum absolute atomic E-state index is 11.6. The van der Waals surface area contributed by atoms with Crippen LogP contribution in [-0.2, 0) is 14.2 Å². The summed E-state index contributed by atoms with van der Waals surface area (Å²) in [6.45, 7) is 3.80. The molecule has 0 amide bonds. The zero-order valence-electron chi connectivity index (χ0n) is 9.10. The first-order valence-electron chi connectivity index (χ1n) is 5.25. The maximum atomic E-state index is 11.6. The molecule has 16 heavy (non-hydrogen) atoms. The van der Waals surface area contributed by atoms with E-state index in [0.29, 0.717) is 24.7 Å². The molecule has 0 unspecified atom stereocenters. The Hall–Kier alpha value is -0.750. The van der Waals surface area contributed by atoms with Gasteiger partial charge in [-0.25, -0.2) is 0 Å². The zero-order valence-corrected chi connectivity index (χ0v) is 9.92. The number of ketones is 1. The molecule has 2 rings (SSSR count). The van der Waals surface area contributed by atoms with Crippen molar-refractivity contribution in [1.29, 1.82) is 0 Å². The lowest BCUT2D eigenvalue weighted by molar-refractivity contribution is -0.0413. The van der Waals surface area contributed by atoms with Crippen LogP contribution in [0.1, 0.15) is 27.8 Å². The van der Waals surface area contributed by atoms with Crippen LogP contribution in [0.4, 0.5) is 0 Å². The first-order chi connectivity index (χ1) is 7.81. The smallest absolute Gasteiger partial charge is 0.198 e. The minimum Gasteiger partial charge on any atom is -0.374 e. The van der Waals surface area contributed by atoms with E-state index in [1.54, 1.807) is 6.07 Å². The Morgan fingerprint density at radius 2 is 2.25 bits per heavy atom. The predicted octanol–water partition coefficient (Wildman–Crippen LogP) is 2.01. The Morgan fingerprint density at radius 1 is 1.50 bits per heavy atom. The van der Waals surface area contributed by atoms with Gasteiger partial charge in [-0.1, -0.05) is 0 Å². The van der Waals surface area contributed by atoms with Crippen LogP contribution >= 0.6 is 11.3 Å². The molecule has 2 heterocycles. The molecule has 0 N–H and O–H groups in total. The topological polar surface area (TPSA) is 44.8 Å². The van der Waals surface area contributed by atoms with Gasteiger partial charge in [-0.05, 0) is 19.1 Å². The van der Waals surface area contributed by atoms with Crippen molar-refractivity contribution in [2.24, 2.45) is 0 Å². The summed E-state index contributed by atoms with van der Waals surface area (Å²) in [6, 6.07) is 3.67. The van der Waals surface area contributed by atoms with Crippen molar-refractivity contribution in [3.63, 3.8) is 0 Å². The molecule has 0 radical (unpaired) electrons. The molecule has 1 saturated heterocycles. The third kappa shape index (κ3) is 2.68. The fraction of sp³-hybridized carbons (Fsp3) is 0.545. The average molecular weight is 242 g/mol. The number of hydrogen-bond donors (Lipinski definition) is 0. The molecule has 0 saturated carbocycles. The van der Waals surface area contributed by atoms with Crippen molar-refractivity contribution >= 4 is 17.1 Å². The summed E-state index contributed by atoms with van der Waals surface area (Å²) in [5.41, 5.74) is 0. The molecule has 0 aliphatic carbocycles. The highest BCUT2D eigenvalue weighted by atomic mass is 32.1. The van der Waals surface area contributed by atoms with E-state index in [9.17, 15) is 4.79 Å². The van der Waals surface area contributed by atoms with E-state index < -0.39 is 0 Å². The third-order valence-corrected chi connectivity index (χ3v) is 3.34. The highest BCUT2D eigenvalue weighted by Gasteiger charge is 2.21. The van der Waals surface area contributed by atoms with Gasteiger partial charge in [0.15, 0.2) is 12.1 Å². The van der Waals surface area contributed by atoms with E-state index >= 15 is 0 Å². The third-order valence-electron chi connectivity index (χ3n) is 2.19. The Kier molecular flexibility index (Phi) is 4.06. The van der Waals surface area contributed by atoms with Crippen LogP contribution in [-0.4, -0.2) is 32.2 Å². The van der Waals surface area contributed by atoms with Gasteiger partial charge >= 0.3 is 0 Å². The van der Waals surface area contributed by atoms with Crippen molar-refractivity contribution in [3.8, 4) is 0 Å². The van der Waals surface area contributed by atoms with E-state index in [1.807, 2.05) is 13.0 Å². The van der Waals surface area contributed by atoms with Crippen LogP contribution in [0.3, 0.4) is 0 Å². The van der Waals surface area contributed by atoms with Gasteiger partial charge in [-0.15, -0.1) is 11.3 Å². The number of ether oxygens (including phenoxy) is 3. The average Bonchev–Trinajstić information content (AvgIpc) is 2.94. The lowest BCUT2D eigenvalue weighted by Crippen LogP contribution is -2.06. The monoisotopic (exact) mass is 242 g/mol. The molecule has 4 nitrogen and oxygen atoms in total. The highest BCUT2D eigenvalue weighted by molar-refractivity contribution is 7.14. The first kappa shape index (κ1) is 11.7. The lowest BCUT2D eigenvalue weighted by atomic mass is 10.3. The number of rotatable bonds is 5. The van der Waals surface area contributed by atoms with Gasteiger partial charge in [0.1, 0.15) is 6.61 Å². The summed E-state index contributed by atoms with van der Waals surface area (Å²) in [6.07, 6.45) is -0.293. The van der Waals surface area contributed by atoms with Crippen molar-refractivity contribution < 1.29 is 19.0 Å². The number of Topliss-reactive ketones (excluding diaryl/α,β-unsaturated/α-hetero) is 1. The van der Waals surface area contributed by atoms with Gasteiger partial charge in [0.25, 0.3) is 0 Å². The Balaban J connectivity index is 1.98. The van der Waals surface area contributed by atoms with Crippen LogP contribution in [0.5, 0.6) is 0 Å². The molecule has 1 fully saturated rings. The van der Waals surface area contributed by atoms with Gasteiger partial charge in [-0.2, -0.15) is 0 Å². The van der Waals surface area contributed by atoms with E-state index in [4.69, 9.17) is 14.2 Å². The minimum absolute atomic E-state index is 0.0103. The number of carbonyl (C=O) groups is 1. The molecule has 0 bridgehead atoms. The van der Waals surface area contributed by atoms with Crippen molar-refractivity contribution in [1.82, 2.24) is 0 Å². The summed E-state index contributed by atoms with van der Waals surface area (Å²) >= 11 is 1.41. The SMILES string of the molecule is CCOCC(=O)c1ccc(C2OCCO2)s1. The lowest BCUT2D eigenvalue weighted by Gasteiger charge is -2.04. The molecule has 1 aliphatic rings. The van der Waals surface area contributed by atoms with Crippen LogP contribution in [0.25, 0.3) is 0 Å². The second-order valence-corrected chi connectivity index (χ2v) is 4.45. The highest BCUT2D eigenvalue weighted by Crippen LogP contribution is 2.29. The van der Waals surface area contributed by atoms with Gasteiger partial charge < -0.3 is 14.2 Å². The molecular formula is C11H14O4S. The fourth-order valence-electron chi connectivity index (χ4n) is 1.42. The molecule has 0 atom stereocenters. The summed E-state index contributed by atoms with van der Waals surface area (Å²) < 4.78 is 15.8. The molecule has 1 aliphatic heterocycles. The van der Waals surface area contributed by atoms with Crippen LogP contribution in [0.2, 0.25) is 0 Å².